The Morgan fingerprint density at radius 1 is 0.800 bits per heavy atom. The minimum Gasteiger partial charge on any atom is -0.469 e. The highest BCUT2D eigenvalue weighted by Crippen LogP contribution is 2.10. The second kappa shape index (κ2) is 16.5. The molecule has 0 saturated heterocycles. The van der Waals surface area contributed by atoms with Crippen LogP contribution in [0.2, 0.25) is 0 Å². The average molecular weight is 285 g/mol. The highest BCUT2D eigenvalue weighted by molar-refractivity contribution is 5.69. The highest BCUT2D eigenvalue weighted by Gasteiger charge is 1.98. The fraction of sp³-hybridized carbons (Fsp3) is 0.941. The number of esters is 1. The molecule has 0 bridgehead atoms. The van der Waals surface area contributed by atoms with Gasteiger partial charge in [-0.1, -0.05) is 71.1 Å². The first kappa shape index (κ1) is 19.4. The van der Waals surface area contributed by atoms with Crippen molar-refractivity contribution in [1.29, 1.82) is 0 Å². The zero-order chi connectivity index (χ0) is 14.9. The first-order valence-electron chi connectivity index (χ1n) is 8.58. The van der Waals surface area contributed by atoms with Crippen molar-refractivity contribution in [3.63, 3.8) is 0 Å². The third kappa shape index (κ3) is 15.5. The van der Waals surface area contributed by atoms with E-state index in [9.17, 15) is 4.79 Å². The zero-order valence-corrected chi connectivity index (χ0v) is 13.7. The summed E-state index contributed by atoms with van der Waals surface area (Å²) < 4.78 is 4.58. The summed E-state index contributed by atoms with van der Waals surface area (Å²) in [6.45, 7) is 4.03. The van der Waals surface area contributed by atoms with Crippen LogP contribution >= 0.6 is 0 Å². The molecule has 0 amide bonds. The molecule has 0 aromatic carbocycles. The van der Waals surface area contributed by atoms with Crippen LogP contribution in [-0.4, -0.2) is 26.2 Å². The van der Waals surface area contributed by atoms with Crippen molar-refractivity contribution in [2.45, 2.75) is 84.0 Å². The number of rotatable bonds is 15. The van der Waals surface area contributed by atoms with Gasteiger partial charge in [0.15, 0.2) is 0 Å². The van der Waals surface area contributed by atoms with Crippen LogP contribution in [0, 0.1) is 0 Å². The molecule has 0 aromatic heterocycles. The Bertz CT molecular complexity index is 207. The third-order valence-corrected chi connectivity index (χ3v) is 3.69. The van der Waals surface area contributed by atoms with Crippen molar-refractivity contribution in [3.8, 4) is 0 Å². The van der Waals surface area contributed by atoms with Gasteiger partial charge in [0.2, 0.25) is 0 Å². The topological polar surface area (TPSA) is 38.3 Å². The second-order valence-corrected chi connectivity index (χ2v) is 5.61. The number of hydrogen-bond donors (Lipinski definition) is 1. The molecule has 1 N–H and O–H groups in total. The Labute approximate surface area is 125 Å². The van der Waals surface area contributed by atoms with Gasteiger partial charge < -0.3 is 10.1 Å². The summed E-state index contributed by atoms with van der Waals surface area (Å²) in [7, 11) is 1.44. The number of methoxy groups -OCH3 is 1. The van der Waals surface area contributed by atoms with E-state index in [1.165, 1.54) is 77.7 Å². The van der Waals surface area contributed by atoms with Crippen LogP contribution in [0.25, 0.3) is 0 Å². The molecule has 0 heterocycles. The highest BCUT2D eigenvalue weighted by atomic mass is 16.5. The molecule has 0 unspecified atom stereocenters. The van der Waals surface area contributed by atoms with Crippen molar-refractivity contribution in [2.75, 3.05) is 20.2 Å². The van der Waals surface area contributed by atoms with Crippen LogP contribution in [0.15, 0.2) is 0 Å². The van der Waals surface area contributed by atoms with Crippen molar-refractivity contribution in [3.05, 3.63) is 0 Å². The predicted molar refractivity (Wildman–Crippen MR) is 86.0 cm³/mol. The summed E-state index contributed by atoms with van der Waals surface area (Å²) in [4.78, 5) is 10.9. The van der Waals surface area contributed by atoms with Gasteiger partial charge >= 0.3 is 5.97 Å². The van der Waals surface area contributed by atoms with Crippen LogP contribution in [-0.2, 0) is 9.53 Å². The molecular formula is C17H35NO2. The molecule has 20 heavy (non-hydrogen) atoms. The lowest BCUT2D eigenvalue weighted by molar-refractivity contribution is -0.140. The largest absolute Gasteiger partial charge is 0.469 e. The van der Waals surface area contributed by atoms with Crippen molar-refractivity contribution < 1.29 is 9.53 Å². The molecule has 0 rings (SSSR count). The van der Waals surface area contributed by atoms with Crippen LogP contribution < -0.4 is 5.32 Å². The van der Waals surface area contributed by atoms with E-state index >= 15 is 0 Å². The lowest BCUT2D eigenvalue weighted by atomic mass is 10.1. The fourth-order valence-corrected chi connectivity index (χ4v) is 2.33. The molecule has 0 radical (unpaired) electrons. The molecule has 0 aliphatic heterocycles. The minimum absolute atomic E-state index is 0.128. The SMILES string of the molecule is CCCCCCCCCCCCCNCCC(=O)OC. The van der Waals surface area contributed by atoms with E-state index in [0.29, 0.717) is 6.42 Å². The number of ether oxygens (including phenoxy) is 1. The van der Waals surface area contributed by atoms with E-state index in [0.717, 1.165) is 13.1 Å². The normalized spacial score (nSPS) is 10.7. The van der Waals surface area contributed by atoms with Gasteiger partial charge in [0.1, 0.15) is 0 Å². The van der Waals surface area contributed by atoms with Gasteiger partial charge in [-0.3, -0.25) is 4.79 Å². The maximum absolute atomic E-state index is 10.9. The summed E-state index contributed by atoms with van der Waals surface area (Å²) in [5.74, 6) is -0.128. The van der Waals surface area contributed by atoms with Crippen molar-refractivity contribution in [2.24, 2.45) is 0 Å². The number of unbranched alkanes of at least 4 members (excludes halogenated alkanes) is 10. The summed E-state index contributed by atoms with van der Waals surface area (Å²) in [6, 6.07) is 0. The first-order valence-corrected chi connectivity index (χ1v) is 8.58. The van der Waals surface area contributed by atoms with Crippen LogP contribution in [0.3, 0.4) is 0 Å². The number of hydrogen-bond acceptors (Lipinski definition) is 3. The Balaban J connectivity index is 2.97. The van der Waals surface area contributed by atoms with E-state index in [4.69, 9.17) is 0 Å². The van der Waals surface area contributed by atoms with E-state index in [1.807, 2.05) is 0 Å². The maximum Gasteiger partial charge on any atom is 0.306 e. The van der Waals surface area contributed by atoms with Gasteiger partial charge in [0.05, 0.1) is 13.5 Å². The molecule has 0 spiro atoms. The predicted octanol–water partition coefficient (Wildman–Crippen LogP) is 4.45. The number of carbonyl (C=O) groups is 1. The molecule has 0 fully saturated rings. The summed E-state index contributed by atoms with van der Waals surface area (Å²) in [6.07, 6.45) is 15.6. The van der Waals surface area contributed by atoms with Gasteiger partial charge in [-0.25, -0.2) is 0 Å². The molecule has 0 aliphatic rings. The summed E-state index contributed by atoms with van der Waals surface area (Å²) >= 11 is 0. The van der Waals surface area contributed by atoms with E-state index in [-0.39, 0.29) is 5.97 Å². The lowest BCUT2D eigenvalue weighted by Crippen LogP contribution is -2.19. The summed E-state index contributed by atoms with van der Waals surface area (Å²) in [5.41, 5.74) is 0. The zero-order valence-electron chi connectivity index (χ0n) is 13.7. The van der Waals surface area contributed by atoms with Gasteiger partial charge in [-0.15, -0.1) is 0 Å². The second-order valence-electron chi connectivity index (χ2n) is 5.61. The Kier molecular flexibility index (Phi) is 16.0. The molecule has 0 aromatic rings. The van der Waals surface area contributed by atoms with Gasteiger partial charge in [0, 0.05) is 6.54 Å². The van der Waals surface area contributed by atoms with E-state index in [1.54, 1.807) is 0 Å². The Morgan fingerprint density at radius 2 is 1.30 bits per heavy atom. The number of carbonyl (C=O) groups excluding carboxylic acids is 1. The van der Waals surface area contributed by atoms with E-state index in [2.05, 4.69) is 17.0 Å². The minimum atomic E-state index is -0.128. The number of nitrogens with one attached hydrogen (secondary N) is 1. The van der Waals surface area contributed by atoms with Crippen molar-refractivity contribution >= 4 is 5.97 Å². The van der Waals surface area contributed by atoms with Gasteiger partial charge in [-0.2, -0.15) is 0 Å². The van der Waals surface area contributed by atoms with Crippen LogP contribution in [0.1, 0.15) is 84.0 Å². The molecular weight excluding hydrogens is 250 g/mol. The quantitative estimate of drug-likeness (QED) is 0.357. The van der Waals surface area contributed by atoms with Crippen LogP contribution in [0.5, 0.6) is 0 Å². The molecule has 0 atom stereocenters. The third-order valence-electron chi connectivity index (χ3n) is 3.69. The van der Waals surface area contributed by atoms with Gasteiger partial charge in [0.25, 0.3) is 0 Å². The van der Waals surface area contributed by atoms with Crippen molar-refractivity contribution in [1.82, 2.24) is 5.32 Å². The Morgan fingerprint density at radius 3 is 1.80 bits per heavy atom. The first-order chi connectivity index (χ1) is 9.81. The molecule has 0 aliphatic carbocycles. The lowest BCUT2D eigenvalue weighted by Gasteiger charge is -2.04. The fourth-order valence-electron chi connectivity index (χ4n) is 2.33. The van der Waals surface area contributed by atoms with Gasteiger partial charge in [-0.05, 0) is 13.0 Å². The molecule has 120 valence electrons. The summed E-state index contributed by atoms with van der Waals surface area (Å²) in [5, 5.41) is 3.28. The molecule has 3 nitrogen and oxygen atoms in total. The smallest absolute Gasteiger partial charge is 0.306 e. The average Bonchev–Trinajstić information content (AvgIpc) is 2.47. The molecule has 3 heteroatoms. The Hall–Kier alpha value is -0.570. The van der Waals surface area contributed by atoms with E-state index < -0.39 is 0 Å². The standard InChI is InChI=1S/C17H35NO2/c1-3-4-5-6-7-8-9-10-11-12-13-15-18-16-14-17(19)20-2/h18H,3-16H2,1-2H3. The monoisotopic (exact) mass is 285 g/mol. The van der Waals surface area contributed by atoms with Crippen LogP contribution in [0.4, 0.5) is 0 Å². The maximum atomic E-state index is 10.9. The molecule has 0 saturated carbocycles.